The van der Waals surface area contributed by atoms with Crippen molar-refractivity contribution in [2.75, 3.05) is 39.5 Å². The largest absolute Gasteiger partial charge is 0.485 e. The summed E-state index contributed by atoms with van der Waals surface area (Å²) in [4.78, 5) is 24.0. The van der Waals surface area contributed by atoms with Gasteiger partial charge in [-0.2, -0.15) is 0 Å². The lowest BCUT2D eigenvalue weighted by atomic mass is 10.1. The first-order chi connectivity index (χ1) is 10.1. The van der Waals surface area contributed by atoms with E-state index >= 15 is 0 Å². The first-order valence-corrected chi connectivity index (χ1v) is 6.80. The van der Waals surface area contributed by atoms with Gasteiger partial charge in [-0.3, -0.25) is 19.8 Å². The second-order valence-corrected chi connectivity index (χ2v) is 4.80. The van der Waals surface area contributed by atoms with Gasteiger partial charge in [-0.15, -0.1) is 0 Å². The number of ketones is 1. The van der Waals surface area contributed by atoms with Crippen molar-refractivity contribution in [3.05, 3.63) is 33.9 Å². The summed E-state index contributed by atoms with van der Waals surface area (Å²) in [6.45, 7) is 5.51. The third-order valence-corrected chi connectivity index (χ3v) is 3.33. The van der Waals surface area contributed by atoms with E-state index in [0.29, 0.717) is 31.9 Å². The molecule has 0 spiro atoms. The molecule has 21 heavy (non-hydrogen) atoms. The average Bonchev–Trinajstić information content (AvgIpc) is 2.48. The zero-order valence-electron chi connectivity index (χ0n) is 11.9. The number of nitro groups is 1. The third kappa shape index (κ3) is 4.24. The van der Waals surface area contributed by atoms with Crippen molar-refractivity contribution in [1.29, 1.82) is 0 Å². The molecule has 0 amide bonds. The van der Waals surface area contributed by atoms with Gasteiger partial charge in [-0.25, -0.2) is 0 Å². The average molecular weight is 294 g/mol. The molecule has 0 bridgehead atoms. The lowest BCUT2D eigenvalue weighted by molar-refractivity contribution is -0.385. The van der Waals surface area contributed by atoms with Crippen LogP contribution in [0.25, 0.3) is 0 Å². The van der Waals surface area contributed by atoms with Gasteiger partial charge in [0.1, 0.15) is 6.61 Å². The summed E-state index contributed by atoms with van der Waals surface area (Å²) in [6.07, 6.45) is 0. The fourth-order valence-electron chi connectivity index (χ4n) is 2.11. The van der Waals surface area contributed by atoms with Crippen LogP contribution in [0.2, 0.25) is 0 Å². The molecule has 114 valence electrons. The first-order valence-electron chi connectivity index (χ1n) is 6.80. The maximum Gasteiger partial charge on any atom is 0.311 e. The fraction of sp³-hybridized carbons (Fsp3) is 0.500. The van der Waals surface area contributed by atoms with Gasteiger partial charge < -0.3 is 9.47 Å². The van der Waals surface area contributed by atoms with Gasteiger partial charge in [0, 0.05) is 31.3 Å². The van der Waals surface area contributed by atoms with Crippen LogP contribution in [0.1, 0.15) is 17.3 Å². The second kappa shape index (κ2) is 7.14. The van der Waals surface area contributed by atoms with Crippen molar-refractivity contribution < 1.29 is 19.2 Å². The lowest BCUT2D eigenvalue weighted by Crippen LogP contribution is -2.38. The number of nitro benzene ring substituents is 1. The molecule has 1 heterocycles. The molecular weight excluding hydrogens is 276 g/mol. The molecule has 0 aromatic heterocycles. The minimum Gasteiger partial charge on any atom is -0.485 e. The number of nitrogens with zero attached hydrogens (tertiary/aromatic N) is 2. The van der Waals surface area contributed by atoms with Gasteiger partial charge in [-0.1, -0.05) is 0 Å². The van der Waals surface area contributed by atoms with E-state index in [4.69, 9.17) is 9.47 Å². The van der Waals surface area contributed by atoms with E-state index in [1.807, 2.05) is 0 Å². The summed E-state index contributed by atoms with van der Waals surface area (Å²) >= 11 is 0. The highest BCUT2D eigenvalue weighted by molar-refractivity contribution is 5.95. The number of benzene rings is 1. The van der Waals surface area contributed by atoms with Gasteiger partial charge in [0.15, 0.2) is 11.5 Å². The Balaban J connectivity index is 1.98. The van der Waals surface area contributed by atoms with E-state index in [1.54, 1.807) is 6.07 Å². The highest BCUT2D eigenvalue weighted by Crippen LogP contribution is 2.28. The number of Topliss-reactive ketones (excluding diaryl/α,β-unsaturated/α-hetero) is 1. The van der Waals surface area contributed by atoms with E-state index in [0.717, 1.165) is 13.1 Å². The Morgan fingerprint density at radius 2 is 2.14 bits per heavy atom. The molecule has 0 aliphatic carbocycles. The monoisotopic (exact) mass is 294 g/mol. The van der Waals surface area contributed by atoms with E-state index in [2.05, 4.69) is 4.90 Å². The third-order valence-electron chi connectivity index (χ3n) is 3.33. The summed E-state index contributed by atoms with van der Waals surface area (Å²) in [5, 5.41) is 11.0. The Morgan fingerprint density at radius 1 is 1.43 bits per heavy atom. The number of morpholine rings is 1. The minimum atomic E-state index is -0.531. The number of carbonyl (C=O) groups is 1. The molecule has 1 aliphatic heterocycles. The number of hydrogen-bond donors (Lipinski definition) is 0. The van der Waals surface area contributed by atoms with Crippen molar-refractivity contribution in [3.8, 4) is 5.75 Å². The molecule has 0 saturated carbocycles. The Hall–Kier alpha value is -1.99. The first kappa shape index (κ1) is 15.4. The van der Waals surface area contributed by atoms with Crippen molar-refractivity contribution >= 4 is 11.5 Å². The quantitative estimate of drug-likeness (QED) is 0.449. The van der Waals surface area contributed by atoms with E-state index in [1.165, 1.54) is 19.1 Å². The van der Waals surface area contributed by atoms with Crippen LogP contribution in [0.4, 0.5) is 5.69 Å². The zero-order chi connectivity index (χ0) is 15.2. The van der Waals surface area contributed by atoms with Crippen LogP contribution in [0.5, 0.6) is 5.75 Å². The molecule has 0 radical (unpaired) electrons. The topological polar surface area (TPSA) is 81.9 Å². The molecule has 1 fully saturated rings. The van der Waals surface area contributed by atoms with Crippen LogP contribution in [0.3, 0.4) is 0 Å². The molecule has 0 atom stereocenters. The minimum absolute atomic E-state index is 0.176. The van der Waals surface area contributed by atoms with Crippen LogP contribution in [-0.4, -0.2) is 55.1 Å². The molecule has 0 unspecified atom stereocenters. The Labute approximate surface area is 122 Å². The van der Waals surface area contributed by atoms with Crippen LogP contribution in [0, 0.1) is 10.1 Å². The lowest BCUT2D eigenvalue weighted by Gasteiger charge is -2.26. The maximum atomic E-state index is 11.3. The standard InChI is InChI=1S/C14H18N2O5/c1-11(17)12-2-3-14(13(10-12)16(18)19)21-9-6-15-4-7-20-8-5-15/h2-3,10H,4-9H2,1H3. The number of hydrogen-bond acceptors (Lipinski definition) is 6. The molecule has 7 heteroatoms. The molecule has 1 aromatic rings. The molecule has 1 aliphatic rings. The Morgan fingerprint density at radius 3 is 2.76 bits per heavy atom. The maximum absolute atomic E-state index is 11.3. The van der Waals surface area contributed by atoms with Crippen LogP contribution < -0.4 is 4.74 Å². The summed E-state index contributed by atoms with van der Waals surface area (Å²) in [5.74, 6) is -0.0174. The highest BCUT2D eigenvalue weighted by Gasteiger charge is 2.18. The normalized spacial score (nSPS) is 15.7. The molecular formula is C14H18N2O5. The van der Waals surface area contributed by atoms with Crippen LogP contribution >= 0.6 is 0 Å². The van der Waals surface area contributed by atoms with E-state index in [-0.39, 0.29) is 17.2 Å². The van der Waals surface area contributed by atoms with Crippen molar-refractivity contribution in [3.63, 3.8) is 0 Å². The Kier molecular flexibility index (Phi) is 5.24. The number of ether oxygens (including phenoxy) is 2. The summed E-state index contributed by atoms with van der Waals surface area (Å²) in [5.41, 5.74) is 0.131. The van der Waals surface area contributed by atoms with Gasteiger partial charge >= 0.3 is 5.69 Å². The molecule has 1 aromatic carbocycles. The second-order valence-electron chi connectivity index (χ2n) is 4.80. The smallest absolute Gasteiger partial charge is 0.311 e. The van der Waals surface area contributed by atoms with Crippen molar-refractivity contribution in [2.24, 2.45) is 0 Å². The molecule has 2 rings (SSSR count). The van der Waals surface area contributed by atoms with Gasteiger partial charge in [0.2, 0.25) is 0 Å². The van der Waals surface area contributed by atoms with Crippen LogP contribution in [0.15, 0.2) is 18.2 Å². The van der Waals surface area contributed by atoms with Gasteiger partial charge in [0.05, 0.1) is 18.1 Å². The molecule has 7 nitrogen and oxygen atoms in total. The van der Waals surface area contributed by atoms with E-state index in [9.17, 15) is 14.9 Å². The SMILES string of the molecule is CC(=O)c1ccc(OCCN2CCOCC2)c([N+](=O)[O-])c1. The molecule has 1 saturated heterocycles. The predicted octanol–water partition coefficient (Wildman–Crippen LogP) is 1.51. The van der Waals surface area contributed by atoms with Crippen molar-refractivity contribution in [1.82, 2.24) is 4.90 Å². The highest BCUT2D eigenvalue weighted by atomic mass is 16.6. The summed E-state index contributed by atoms with van der Waals surface area (Å²) in [7, 11) is 0. The van der Waals surface area contributed by atoms with Gasteiger partial charge in [-0.05, 0) is 19.1 Å². The fourth-order valence-corrected chi connectivity index (χ4v) is 2.11. The number of rotatable bonds is 6. The summed E-state index contributed by atoms with van der Waals surface area (Å²) < 4.78 is 10.7. The van der Waals surface area contributed by atoms with E-state index < -0.39 is 4.92 Å². The zero-order valence-corrected chi connectivity index (χ0v) is 11.9. The van der Waals surface area contributed by atoms with Crippen molar-refractivity contribution in [2.45, 2.75) is 6.92 Å². The van der Waals surface area contributed by atoms with Crippen LogP contribution in [-0.2, 0) is 4.74 Å². The predicted molar refractivity (Wildman–Crippen MR) is 75.9 cm³/mol. The van der Waals surface area contributed by atoms with Gasteiger partial charge in [0.25, 0.3) is 0 Å². The number of carbonyl (C=O) groups excluding carboxylic acids is 1. The molecule has 0 N–H and O–H groups in total. The Bertz CT molecular complexity index is 526. The summed E-state index contributed by atoms with van der Waals surface area (Å²) in [6, 6.07) is 4.28.